The van der Waals surface area contributed by atoms with Gasteiger partial charge in [-0.2, -0.15) is 8.78 Å². The first-order chi connectivity index (χ1) is 6.02. The third kappa shape index (κ3) is 2.65. The molecule has 1 unspecified atom stereocenters. The fourth-order valence-electron chi connectivity index (χ4n) is 0.727. The maximum Gasteiger partial charge on any atom is 0.429 e. The fourth-order valence-corrected chi connectivity index (χ4v) is 0.727. The molecule has 1 nitrogen and oxygen atoms in total. The summed E-state index contributed by atoms with van der Waals surface area (Å²) in [5.74, 6) is -0.0444. The Balaban J connectivity index is 2.69. The molecule has 0 aromatic heterocycles. The molecule has 1 rings (SSSR count). The molecular formula is C9H9F3O. The highest BCUT2D eigenvalue weighted by Crippen LogP contribution is 2.25. The molecule has 0 saturated carbocycles. The minimum absolute atomic E-state index is 0.0444. The smallest absolute Gasteiger partial charge is 0.429 e. The Morgan fingerprint density at radius 1 is 1.23 bits per heavy atom. The van der Waals surface area contributed by atoms with Crippen LogP contribution in [0.3, 0.4) is 0 Å². The van der Waals surface area contributed by atoms with Gasteiger partial charge < -0.3 is 4.74 Å². The van der Waals surface area contributed by atoms with E-state index in [4.69, 9.17) is 0 Å². The lowest BCUT2D eigenvalue weighted by atomic mass is 10.3. The van der Waals surface area contributed by atoms with E-state index in [1.165, 1.54) is 24.3 Å². The summed E-state index contributed by atoms with van der Waals surface area (Å²) in [5, 5.41) is 0. The summed E-state index contributed by atoms with van der Waals surface area (Å²) >= 11 is 0. The van der Waals surface area contributed by atoms with Crippen LogP contribution in [0.1, 0.15) is 6.92 Å². The second kappa shape index (κ2) is 3.68. The summed E-state index contributed by atoms with van der Waals surface area (Å²) in [7, 11) is 0. The van der Waals surface area contributed by atoms with Gasteiger partial charge in [0.2, 0.25) is 6.17 Å². The van der Waals surface area contributed by atoms with Crippen molar-refractivity contribution in [3.63, 3.8) is 0 Å². The minimum atomic E-state index is -3.76. The first-order valence-electron chi connectivity index (χ1n) is 3.78. The normalized spacial score (nSPS) is 13.8. The maximum absolute atomic E-state index is 12.6. The Labute approximate surface area is 74.1 Å². The molecule has 0 amide bonds. The molecule has 0 aliphatic rings. The van der Waals surface area contributed by atoms with Gasteiger partial charge in [0.05, 0.1) is 0 Å². The van der Waals surface area contributed by atoms with Crippen LogP contribution in [0, 0.1) is 0 Å². The maximum atomic E-state index is 12.6. The SMILES string of the molecule is CC(F)C(F)(F)Oc1ccccc1. The Bertz CT molecular complexity index is 259. The molecule has 1 aromatic rings. The van der Waals surface area contributed by atoms with Gasteiger partial charge in [0, 0.05) is 0 Å². The molecule has 0 bridgehead atoms. The van der Waals surface area contributed by atoms with E-state index in [9.17, 15) is 13.2 Å². The van der Waals surface area contributed by atoms with Crippen molar-refractivity contribution in [2.24, 2.45) is 0 Å². The van der Waals surface area contributed by atoms with E-state index in [2.05, 4.69) is 4.74 Å². The highest BCUT2D eigenvalue weighted by atomic mass is 19.3. The molecule has 72 valence electrons. The van der Waals surface area contributed by atoms with E-state index in [1.54, 1.807) is 6.07 Å². The van der Waals surface area contributed by atoms with E-state index >= 15 is 0 Å². The number of benzene rings is 1. The van der Waals surface area contributed by atoms with E-state index in [-0.39, 0.29) is 5.75 Å². The summed E-state index contributed by atoms with van der Waals surface area (Å²) in [5.41, 5.74) is 0. The van der Waals surface area contributed by atoms with Crippen LogP contribution in [0.15, 0.2) is 30.3 Å². The molecule has 0 radical (unpaired) electrons. The van der Waals surface area contributed by atoms with Crippen LogP contribution in [0.4, 0.5) is 13.2 Å². The number of ether oxygens (including phenoxy) is 1. The van der Waals surface area contributed by atoms with Crippen LogP contribution >= 0.6 is 0 Å². The second-order valence-electron chi connectivity index (χ2n) is 2.59. The van der Waals surface area contributed by atoms with Gasteiger partial charge in [-0.25, -0.2) is 4.39 Å². The quantitative estimate of drug-likeness (QED) is 0.711. The first-order valence-corrected chi connectivity index (χ1v) is 3.78. The van der Waals surface area contributed by atoms with Crippen LogP contribution in [-0.2, 0) is 0 Å². The van der Waals surface area contributed by atoms with Gasteiger partial charge in [-0.3, -0.25) is 0 Å². The zero-order chi connectivity index (χ0) is 9.90. The summed E-state index contributed by atoms with van der Waals surface area (Å²) in [4.78, 5) is 0. The summed E-state index contributed by atoms with van der Waals surface area (Å²) in [6.45, 7) is 0.753. The van der Waals surface area contributed by atoms with Crippen molar-refractivity contribution >= 4 is 0 Å². The third-order valence-electron chi connectivity index (χ3n) is 1.46. The van der Waals surface area contributed by atoms with Gasteiger partial charge in [0.15, 0.2) is 0 Å². The minimum Gasteiger partial charge on any atom is -0.430 e. The predicted octanol–water partition coefficient (Wildman–Crippen LogP) is 3.02. The molecule has 0 spiro atoms. The molecule has 1 aromatic carbocycles. The highest BCUT2D eigenvalue weighted by Gasteiger charge is 2.39. The first kappa shape index (κ1) is 9.89. The summed E-state index contributed by atoms with van der Waals surface area (Å²) in [6, 6.07) is 7.42. The molecule has 1 atom stereocenters. The molecule has 0 heterocycles. The second-order valence-corrected chi connectivity index (χ2v) is 2.59. The van der Waals surface area contributed by atoms with Crippen LogP contribution in [-0.4, -0.2) is 12.3 Å². The van der Waals surface area contributed by atoms with E-state index < -0.39 is 12.3 Å². The van der Waals surface area contributed by atoms with Gasteiger partial charge in [-0.1, -0.05) is 18.2 Å². The number of hydrogen-bond donors (Lipinski definition) is 0. The molecule has 4 heteroatoms. The summed E-state index contributed by atoms with van der Waals surface area (Å²) in [6.07, 6.45) is -6.09. The van der Waals surface area contributed by atoms with Gasteiger partial charge in [-0.05, 0) is 19.1 Å². The van der Waals surface area contributed by atoms with Crippen molar-refractivity contribution in [2.75, 3.05) is 0 Å². The van der Waals surface area contributed by atoms with Crippen molar-refractivity contribution in [3.05, 3.63) is 30.3 Å². The zero-order valence-corrected chi connectivity index (χ0v) is 7.01. The number of halogens is 3. The van der Waals surface area contributed by atoms with Crippen LogP contribution < -0.4 is 4.74 Å². The standard InChI is InChI=1S/C9H9F3O/c1-7(10)9(11,12)13-8-5-3-2-4-6-8/h2-7H,1H3. The van der Waals surface area contributed by atoms with Gasteiger partial charge in [0.25, 0.3) is 0 Å². The molecule has 13 heavy (non-hydrogen) atoms. The largest absolute Gasteiger partial charge is 0.430 e. The zero-order valence-electron chi connectivity index (χ0n) is 7.01. The predicted molar refractivity (Wildman–Crippen MR) is 42.6 cm³/mol. The average Bonchev–Trinajstić information content (AvgIpc) is 2.05. The Hall–Kier alpha value is -1.19. The van der Waals surface area contributed by atoms with E-state index in [0.717, 1.165) is 6.92 Å². The van der Waals surface area contributed by atoms with Gasteiger partial charge in [0.1, 0.15) is 5.75 Å². The molecule has 0 saturated heterocycles. The lowest BCUT2D eigenvalue weighted by Crippen LogP contribution is -2.34. The number of rotatable bonds is 3. The van der Waals surface area contributed by atoms with Crippen LogP contribution in [0.25, 0.3) is 0 Å². The van der Waals surface area contributed by atoms with Crippen LogP contribution in [0.2, 0.25) is 0 Å². The van der Waals surface area contributed by atoms with Gasteiger partial charge in [-0.15, -0.1) is 0 Å². The lowest BCUT2D eigenvalue weighted by Gasteiger charge is -2.18. The molecule has 0 N–H and O–H groups in total. The Morgan fingerprint density at radius 2 is 1.77 bits per heavy atom. The molecular weight excluding hydrogens is 181 g/mol. The number of alkyl halides is 3. The molecule has 0 aliphatic carbocycles. The van der Waals surface area contributed by atoms with E-state index in [0.29, 0.717) is 0 Å². The Morgan fingerprint density at radius 3 is 2.23 bits per heavy atom. The molecule has 0 aliphatic heterocycles. The van der Waals surface area contributed by atoms with Crippen molar-refractivity contribution in [3.8, 4) is 5.75 Å². The summed E-state index contributed by atoms with van der Waals surface area (Å²) < 4.78 is 41.7. The number of para-hydroxylation sites is 1. The van der Waals surface area contributed by atoms with Gasteiger partial charge >= 0.3 is 6.11 Å². The van der Waals surface area contributed by atoms with Crippen molar-refractivity contribution in [1.82, 2.24) is 0 Å². The third-order valence-corrected chi connectivity index (χ3v) is 1.46. The highest BCUT2D eigenvalue weighted by molar-refractivity contribution is 5.21. The Kier molecular flexibility index (Phi) is 2.80. The van der Waals surface area contributed by atoms with Crippen LogP contribution in [0.5, 0.6) is 5.75 Å². The van der Waals surface area contributed by atoms with E-state index in [1.807, 2.05) is 0 Å². The fraction of sp³-hybridized carbons (Fsp3) is 0.333. The number of hydrogen-bond acceptors (Lipinski definition) is 1. The van der Waals surface area contributed by atoms with Crippen molar-refractivity contribution in [1.29, 1.82) is 0 Å². The monoisotopic (exact) mass is 190 g/mol. The van der Waals surface area contributed by atoms with Crippen molar-refractivity contribution < 1.29 is 17.9 Å². The molecule has 0 fully saturated rings. The lowest BCUT2D eigenvalue weighted by molar-refractivity contribution is -0.215. The van der Waals surface area contributed by atoms with Crippen molar-refractivity contribution in [2.45, 2.75) is 19.2 Å². The average molecular weight is 190 g/mol. The topological polar surface area (TPSA) is 9.23 Å².